The van der Waals surface area contributed by atoms with Crippen LogP contribution < -0.4 is 5.32 Å². The van der Waals surface area contributed by atoms with Crippen molar-refractivity contribution in [3.8, 4) is 0 Å². The van der Waals surface area contributed by atoms with Gasteiger partial charge in [0.25, 0.3) is 0 Å². The molecule has 0 radical (unpaired) electrons. The normalized spacial score (nSPS) is 10.6. The molecular formula is C18H19F2NOS. The molecule has 2 aromatic rings. The molecule has 0 atom stereocenters. The maximum absolute atomic E-state index is 13.2. The van der Waals surface area contributed by atoms with Gasteiger partial charge in [-0.2, -0.15) is 0 Å². The van der Waals surface area contributed by atoms with Crippen molar-refractivity contribution in [3.05, 3.63) is 59.2 Å². The fraction of sp³-hybridized carbons (Fsp3) is 0.278. The van der Waals surface area contributed by atoms with E-state index in [1.54, 1.807) is 0 Å². The predicted octanol–water partition coefficient (Wildman–Crippen LogP) is 4.82. The number of rotatable bonds is 6. The molecule has 2 aromatic carbocycles. The molecule has 1 N–H and O–H groups in total. The summed E-state index contributed by atoms with van der Waals surface area (Å²) in [6, 6.07) is 9.62. The SMILES string of the molecule is CCc1cccc(CC)c1NC(=O)CSc1ccc(F)c(F)c1. The molecule has 0 aromatic heterocycles. The maximum atomic E-state index is 13.2. The topological polar surface area (TPSA) is 29.1 Å². The summed E-state index contributed by atoms with van der Waals surface area (Å²) in [5, 5.41) is 2.95. The molecule has 0 saturated heterocycles. The molecule has 0 aliphatic rings. The van der Waals surface area contributed by atoms with Gasteiger partial charge < -0.3 is 5.32 Å². The average molecular weight is 335 g/mol. The van der Waals surface area contributed by atoms with Crippen LogP contribution in [0.1, 0.15) is 25.0 Å². The molecule has 122 valence electrons. The monoisotopic (exact) mass is 335 g/mol. The van der Waals surface area contributed by atoms with E-state index in [1.165, 1.54) is 17.8 Å². The maximum Gasteiger partial charge on any atom is 0.234 e. The van der Waals surface area contributed by atoms with Crippen molar-refractivity contribution < 1.29 is 13.6 Å². The van der Waals surface area contributed by atoms with Gasteiger partial charge in [0, 0.05) is 10.6 Å². The van der Waals surface area contributed by atoms with Crippen molar-refractivity contribution in [3.63, 3.8) is 0 Å². The summed E-state index contributed by atoms with van der Waals surface area (Å²) in [5.41, 5.74) is 3.06. The summed E-state index contributed by atoms with van der Waals surface area (Å²) in [6.45, 7) is 4.08. The lowest BCUT2D eigenvalue weighted by Gasteiger charge is -2.14. The summed E-state index contributed by atoms with van der Waals surface area (Å²) in [4.78, 5) is 12.7. The largest absolute Gasteiger partial charge is 0.325 e. The van der Waals surface area contributed by atoms with Gasteiger partial charge in [-0.3, -0.25) is 4.79 Å². The highest BCUT2D eigenvalue weighted by Gasteiger charge is 2.11. The van der Waals surface area contributed by atoms with Gasteiger partial charge in [0.1, 0.15) is 0 Å². The highest BCUT2D eigenvalue weighted by Crippen LogP contribution is 2.24. The van der Waals surface area contributed by atoms with Crippen LogP contribution in [0, 0.1) is 11.6 Å². The first-order chi connectivity index (χ1) is 11.0. The third-order valence-electron chi connectivity index (χ3n) is 3.52. The molecular weight excluding hydrogens is 316 g/mol. The quantitative estimate of drug-likeness (QED) is 0.767. The van der Waals surface area contributed by atoms with E-state index in [2.05, 4.69) is 5.32 Å². The Hall–Kier alpha value is -1.88. The highest BCUT2D eigenvalue weighted by atomic mass is 32.2. The second kappa shape index (κ2) is 8.11. The Kier molecular flexibility index (Phi) is 6.16. The van der Waals surface area contributed by atoms with E-state index < -0.39 is 11.6 Å². The first-order valence-electron chi connectivity index (χ1n) is 7.53. The molecule has 23 heavy (non-hydrogen) atoms. The molecule has 0 unspecified atom stereocenters. The number of carbonyl (C=O) groups excluding carboxylic acids is 1. The number of carbonyl (C=O) groups is 1. The van der Waals surface area contributed by atoms with Gasteiger partial charge in [-0.25, -0.2) is 8.78 Å². The standard InChI is InChI=1S/C18H19F2NOS/c1-3-12-6-5-7-13(4-2)18(12)21-17(22)11-23-14-8-9-15(19)16(20)10-14/h5-10H,3-4,11H2,1-2H3,(H,21,22). The lowest BCUT2D eigenvalue weighted by Crippen LogP contribution is -2.16. The molecule has 0 fully saturated rings. The van der Waals surface area contributed by atoms with Crippen LogP contribution in [0.15, 0.2) is 41.3 Å². The zero-order valence-corrected chi connectivity index (χ0v) is 14.0. The van der Waals surface area contributed by atoms with E-state index >= 15 is 0 Å². The summed E-state index contributed by atoms with van der Waals surface area (Å²) in [7, 11) is 0. The molecule has 0 saturated carbocycles. The van der Waals surface area contributed by atoms with E-state index in [-0.39, 0.29) is 11.7 Å². The van der Waals surface area contributed by atoms with Gasteiger partial charge in [-0.15, -0.1) is 11.8 Å². The van der Waals surface area contributed by atoms with Crippen molar-refractivity contribution in [2.24, 2.45) is 0 Å². The zero-order valence-electron chi connectivity index (χ0n) is 13.2. The second-order valence-electron chi connectivity index (χ2n) is 5.07. The van der Waals surface area contributed by atoms with Crippen LogP contribution in [0.2, 0.25) is 0 Å². The van der Waals surface area contributed by atoms with Gasteiger partial charge in [0.15, 0.2) is 11.6 Å². The van der Waals surface area contributed by atoms with Crippen molar-refractivity contribution in [1.29, 1.82) is 0 Å². The smallest absolute Gasteiger partial charge is 0.234 e. The Balaban J connectivity index is 2.04. The van der Waals surface area contributed by atoms with Gasteiger partial charge >= 0.3 is 0 Å². The molecule has 0 aliphatic carbocycles. The van der Waals surface area contributed by atoms with E-state index in [9.17, 15) is 13.6 Å². The number of benzene rings is 2. The molecule has 5 heteroatoms. The van der Waals surface area contributed by atoms with Gasteiger partial charge in [0.05, 0.1) is 5.75 Å². The number of nitrogens with one attached hydrogen (secondary N) is 1. The lowest BCUT2D eigenvalue weighted by molar-refractivity contribution is -0.113. The minimum absolute atomic E-state index is 0.145. The summed E-state index contributed by atoms with van der Waals surface area (Å²) >= 11 is 1.18. The van der Waals surface area contributed by atoms with E-state index in [4.69, 9.17) is 0 Å². The van der Waals surface area contributed by atoms with E-state index in [1.807, 2.05) is 32.0 Å². The predicted molar refractivity (Wildman–Crippen MR) is 90.9 cm³/mol. The van der Waals surface area contributed by atoms with E-state index in [0.717, 1.165) is 41.8 Å². The number of aryl methyl sites for hydroxylation is 2. The minimum Gasteiger partial charge on any atom is -0.325 e. The molecule has 0 bridgehead atoms. The molecule has 1 amide bonds. The first-order valence-corrected chi connectivity index (χ1v) is 8.52. The van der Waals surface area contributed by atoms with Crippen molar-refractivity contribution in [2.75, 3.05) is 11.1 Å². The average Bonchev–Trinajstić information content (AvgIpc) is 2.56. The van der Waals surface area contributed by atoms with Gasteiger partial charge in [-0.1, -0.05) is 32.0 Å². The Bertz CT molecular complexity index is 681. The number of hydrogen-bond donors (Lipinski definition) is 1. The summed E-state index contributed by atoms with van der Waals surface area (Å²) in [5.74, 6) is -1.80. The Labute approximate surface area is 139 Å². The van der Waals surface area contributed by atoms with Crippen LogP contribution in [0.5, 0.6) is 0 Å². The van der Waals surface area contributed by atoms with Gasteiger partial charge in [0.2, 0.25) is 5.91 Å². The third-order valence-corrected chi connectivity index (χ3v) is 4.52. The Morgan fingerprint density at radius 3 is 2.26 bits per heavy atom. The Morgan fingerprint density at radius 2 is 1.70 bits per heavy atom. The number of thioether (sulfide) groups is 1. The third kappa shape index (κ3) is 4.55. The van der Waals surface area contributed by atoms with Crippen molar-refractivity contribution in [2.45, 2.75) is 31.6 Å². The minimum atomic E-state index is -0.903. The van der Waals surface area contributed by atoms with Crippen molar-refractivity contribution in [1.82, 2.24) is 0 Å². The van der Waals surface area contributed by atoms with Crippen LogP contribution in [0.4, 0.5) is 14.5 Å². The second-order valence-corrected chi connectivity index (χ2v) is 6.12. The van der Waals surface area contributed by atoms with Gasteiger partial charge in [-0.05, 0) is 42.2 Å². The van der Waals surface area contributed by atoms with Crippen LogP contribution in [0.3, 0.4) is 0 Å². The van der Waals surface area contributed by atoms with Crippen molar-refractivity contribution >= 4 is 23.4 Å². The number of amides is 1. The molecule has 0 heterocycles. The number of anilines is 1. The fourth-order valence-electron chi connectivity index (χ4n) is 2.29. The Morgan fingerprint density at radius 1 is 1.04 bits per heavy atom. The molecule has 2 nitrogen and oxygen atoms in total. The first kappa shape index (κ1) is 17.5. The van der Waals surface area contributed by atoms with E-state index in [0.29, 0.717) is 4.90 Å². The molecule has 2 rings (SSSR count). The zero-order chi connectivity index (χ0) is 16.8. The summed E-state index contributed by atoms with van der Waals surface area (Å²) < 4.78 is 26.0. The molecule has 0 aliphatic heterocycles. The van der Waals surface area contributed by atoms with Crippen LogP contribution in [0.25, 0.3) is 0 Å². The fourth-order valence-corrected chi connectivity index (χ4v) is 3.02. The summed E-state index contributed by atoms with van der Waals surface area (Å²) in [6.07, 6.45) is 1.67. The number of halogens is 2. The van der Waals surface area contributed by atoms with Crippen LogP contribution in [-0.4, -0.2) is 11.7 Å². The number of hydrogen-bond acceptors (Lipinski definition) is 2. The van der Waals surface area contributed by atoms with Crippen LogP contribution >= 0.6 is 11.8 Å². The number of para-hydroxylation sites is 1. The highest BCUT2D eigenvalue weighted by molar-refractivity contribution is 8.00. The van der Waals surface area contributed by atoms with Crippen LogP contribution in [-0.2, 0) is 17.6 Å². The molecule has 0 spiro atoms. The lowest BCUT2D eigenvalue weighted by atomic mass is 10.0.